The van der Waals surface area contributed by atoms with Gasteiger partial charge >= 0.3 is 0 Å². The Bertz CT molecular complexity index is 738. The van der Waals surface area contributed by atoms with Gasteiger partial charge in [-0.05, 0) is 56.5 Å². The van der Waals surface area contributed by atoms with Crippen LogP contribution in [0.5, 0.6) is 0 Å². The fraction of sp³-hybridized carbons (Fsp3) is 0.500. The summed E-state index contributed by atoms with van der Waals surface area (Å²) in [5.74, 6) is 1.71. The topological polar surface area (TPSA) is 54.1 Å². The van der Waals surface area contributed by atoms with E-state index in [1.807, 2.05) is 24.4 Å². The first-order chi connectivity index (χ1) is 12.2. The van der Waals surface area contributed by atoms with E-state index in [4.69, 9.17) is 10.00 Å². The highest BCUT2D eigenvalue weighted by molar-refractivity contribution is 5.32. The molecule has 1 aromatic carbocycles. The van der Waals surface area contributed by atoms with Crippen LogP contribution < -0.4 is 0 Å². The number of ether oxygens (including phenoxy) is 1. The van der Waals surface area contributed by atoms with Crippen molar-refractivity contribution in [2.45, 2.75) is 39.5 Å². The number of hydrogen-bond acceptors (Lipinski definition) is 4. The maximum atomic E-state index is 9.03. The van der Waals surface area contributed by atoms with Crippen molar-refractivity contribution in [2.75, 3.05) is 20.2 Å². The van der Waals surface area contributed by atoms with Crippen LogP contribution in [0.25, 0.3) is 0 Å². The molecule has 1 aliphatic heterocycles. The summed E-state index contributed by atoms with van der Waals surface area (Å²) in [7, 11) is 1.72. The Hall–Kier alpha value is -2.16. The highest BCUT2D eigenvalue weighted by Gasteiger charge is 2.21. The molecule has 0 radical (unpaired) electrons. The minimum Gasteiger partial charge on any atom is -0.377 e. The number of nitriles is 1. The molecule has 0 aliphatic carbocycles. The van der Waals surface area contributed by atoms with Crippen LogP contribution in [0.3, 0.4) is 0 Å². The van der Waals surface area contributed by atoms with E-state index >= 15 is 0 Å². The summed E-state index contributed by atoms with van der Waals surface area (Å²) in [6.07, 6.45) is 4.33. The van der Waals surface area contributed by atoms with E-state index in [2.05, 4.69) is 33.5 Å². The van der Waals surface area contributed by atoms with Crippen LogP contribution in [0.1, 0.15) is 35.5 Å². The molecule has 0 N–H and O–H groups in total. The number of aromatic nitrogens is 2. The smallest absolute Gasteiger partial charge is 0.134 e. The molecule has 0 atom stereocenters. The molecule has 1 aliphatic rings. The molecule has 1 fully saturated rings. The van der Waals surface area contributed by atoms with E-state index in [-0.39, 0.29) is 0 Å². The molecule has 3 rings (SSSR count). The Morgan fingerprint density at radius 1 is 1.32 bits per heavy atom. The van der Waals surface area contributed by atoms with Crippen LogP contribution in [0, 0.1) is 24.2 Å². The second kappa shape index (κ2) is 8.28. The summed E-state index contributed by atoms with van der Waals surface area (Å²) >= 11 is 0. The quantitative estimate of drug-likeness (QED) is 0.812. The fourth-order valence-electron chi connectivity index (χ4n) is 3.59. The molecule has 1 saturated heterocycles. The molecule has 0 unspecified atom stereocenters. The molecule has 0 spiro atoms. The van der Waals surface area contributed by atoms with Crippen molar-refractivity contribution in [2.24, 2.45) is 5.92 Å². The lowest BCUT2D eigenvalue weighted by atomic mass is 9.96. The molecular weight excluding hydrogens is 312 g/mol. The van der Waals surface area contributed by atoms with Gasteiger partial charge in [-0.3, -0.25) is 4.90 Å². The van der Waals surface area contributed by atoms with Gasteiger partial charge < -0.3 is 9.30 Å². The Kier molecular flexibility index (Phi) is 5.85. The zero-order valence-electron chi connectivity index (χ0n) is 15.1. The number of imidazole rings is 1. The third-order valence-electron chi connectivity index (χ3n) is 5.02. The molecule has 1 aromatic heterocycles. The first-order valence-corrected chi connectivity index (χ1v) is 8.91. The maximum absolute atomic E-state index is 9.03. The van der Waals surface area contributed by atoms with E-state index in [0.29, 0.717) is 12.5 Å². The molecular formula is C20H26N4O. The predicted molar refractivity (Wildman–Crippen MR) is 96.8 cm³/mol. The summed E-state index contributed by atoms with van der Waals surface area (Å²) < 4.78 is 7.56. The molecule has 0 saturated carbocycles. The van der Waals surface area contributed by atoms with Gasteiger partial charge in [0.05, 0.1) is 11.6 Å². The highest BCUT2D eigenvalue weighted by atomic mass is 16.5. The van der Waals surface area contributed by atoms with Gasteiger partial charge in [0.2, 0.25) is 0 Å². The summed E-state index contributed by atoms with van der Waals surface area (Å²) in [5, 5.41) is 9.03. The summed E-state index contributed by atoms with van der Waals surface area (Å²) in [6, 6.07) is 10.2. The van der Waals surface area contributed by atoms with Crippen LogP contribution in [0.15, 0.2) is 30.5 Å². The Morgan fingerprint density at radius 2 is 2.12 bits per heavy atom. The first kappa shape index (κ1) is 17.7. The molecule has 132 valence electrons. The zero-order chi connectivity index (χ0) is 17.6. The van der Waals surface area contributed by atoms with E-state index < -0.39 is 0 Å². The molecule has 25 heavy (non-hydrogen) atoms. The van der Waals surface area contributed by atoms with Gasteiger partial charge in [0.15, 0.2) is 0 Å². The number of aryl methyl sites for hydroxylation is 1. The lowest BCUT2D eigenvalue weighted by molar-refractivity contribution is 0.155. The van der Waals surface area contributed by atoms with E-state index in [1.165, 1.54) is 24.1 Å². The van der Waals surface area contributed by atoms with Gasteiger partial charge in [-0.1, -0.05) is 12.1 Å². The van der Waals surface area contributed by atoms with Crippen molar-refractivity contribution < 1.29 is 4.74 Å². The SMILES string of the molecule is COCc1ncc(C)n1CC1CCN(Cc2cccc(C#N)c2)CC1. The summed E-state index contributed by atoms with van der Waals surface area (Å²) in [6.45, 7) is 6.86. The van der Waals surface area contributed by atoms with Gasteiger partial charge in [0.1, 0.15) is 12.4 Å². The normalized spacial score (nSPS) is 16.0. The van der Waals surface area contributed by atoms with Crippen molar-refractivity contribution in [3.05, 3.63) is 53.1 Å². The fourth-order valence-corrected chi connectivity index (χ4v) is 3.59. The number of rotatable bonds is 6. The largest absolute Gasteiger partial charge is 0.377 e. The van der Waals surface area contributed by atoms with Crippen molar-refractivity contribution in [1.82, 2.24) is 14.5 Å². The van der Waals surface area contributed by atoms with E-state index in [1.54, 1.807) is 7.11 Å². The van der Waals surface area contributed by atoms with Crippen LogP contribution >= 0.6 is 0 Å². The lowest BCUT2D eigenvalue weighted by Gasteiger charge is -2.32. The Balaban J connectivity index is 1.54. The molecule has 0 amide bonds. The summed E-state index contributed by atoms with van der Waals surface area (Å²) in [4.78, 5) is 6.95. The van der Waals surface area contributed by atoms with Crippen LogP contribution in [0.4, 0.5) is 0 Å². The lowest BCUT2D eigenvalue weighted by Crippen LogP contribution is -2.34. The number of hydrogen-bond donors (Lipinski definition) is 0. The first-order valence-electron chi connectivity index (χ1n) is 8.91. The number of likely N-dealkylation sites (tertiary alicyclic amines) is 1. The average molecular weight is 338 g/mol. The second-order valence-electron chi connectivity index (χ2n) is 6.89. The number of benzene rings is 1. The minimum atomic E-state index is 0.571. The average Bonchev–Trinajstić information content (AvgIpc) is 2.97. The molecule has 2 heterocycles. The molecule has 5 nitrogen and oxygen atoms in total. The van der Waals surface area contributed by atoms with Gasteiger partial charge in [-0.15, -0.1) is 0 Å². The molecule has 5 heteroatoms. The van der Waals surface area contributed by atoms with Crippen molar-refractivity contribution >= 4 is 0 Å². The summed E-state index contributed by atoms with van der Waals surface area (Å²) in [5.41, 5.74) is 3.18. The van der Waals surface area contributed by atoms with E-state index in [0.717, 1.165) is 37.6 Å². The van der Waals surface area contributed by atoms with Gasteiger partial charge in [-0.2, -0.15) is 5.26 Å². The van der Waals surface area contributed by atoms with Gasteiger partial charge in [0, 0.05) is 32.1 Å². The highest BCUT2D eigenvalue weighted by Crippen LogP contribution is 2.22. The van der Waals surface area contributed by atoms with Crippen molar-refractivity contribution in [1.29, 1.82) is 5.26 Å². The Labute approximate surface area is 149 Å². The Morgan fingerprint density at radius 3 is 2.84 bits per heavy atom. The maximum Gasteiger partial charge on any atom is 0.134 e. The van der Waals surface area contributed by atoms with Crippen molar-refractivity contribution in [3.63, 3.8) is 0 Å². The minimum absolute atomic E-state index is 0.571. The number of nitrogens with zero attached hydrogens (tertiary/aromatic N) is 4. The van der Waals surface area contributed by atoms with Crippen molar-refractivity contribution in [3.8, 4) is 6.07 Å². The van der Waals surface area contributed by atoms with E-state index in [9.17, 15) is 0 Å². The number of methoxy groups -OCH3 is 1. The molecule has 2 aromatic rings. The standard InChI is InChI=1S/C20H26N4O/c1-16-12-22-20(15-25-2)24(16)14-17-6-8-23(9-7-17)13-19-5-3-4-18(10-19)11-21/h3-5,10,12,17H,6-9,13-15H2,1-2H3. The third kappa shape index (κ3) is 4.47. The van der Waals surface area contributed by atoms with Crippen LogP contribution in [-0.2, 0) is 24.4 Å². The predicted octanol–water partition coefficient (Wildman–Crippen LogP) is 3.12. The van der Waals surface area contributed by atoms with Crippen LogP contribution in [0.2, 0.25) is 0 Å². The zero-order valence-corrected chi connectivity index (χ0v) is 15.1. The number of piperidine rings is 1. The molecule has 0 bridgehead atoms. The van der Waals surface area contributed by atoms with Gasteiger partial charge in [-0.25, -0.2) is 4.98 Å². The van der Waals surface area contributed by atoms with Gasteiger partial charge in [0.25, 0.3) is 0 Å². The van der Waals surface area contributed by atoms with Crippen LogP contribution in [-0.4, -0.2) is 34.7 Å². The third-order valence-corrected chi connectivity index (χ3v) is 5.02. The second-order valence-corrected chi connectivity index (χ2v) is 6.89. The monoisotopic (exact) mass is 338 g/mol.